The number of carbonyl (C=O) groups is 1. The molecule has 0 aliphatic carbocycles. The van der Waals surface area contributed by atoms with E-state index in [-0.39, 0.29) is 6.61 Å². The van der Waals surface area contributed by atoms with Crippen molar-refractivity contribution in [3.8, 4) is 0 Å². The van der Waals surface area contributed by atoms with Gasteiger partial charge < -0.3 is 9.47 Å². The van der Waals surface area contributed by atoms with Crippen LogP contribution in [0.25, 0.3) is 0 Å². The van der Waals surface area contributed by atoms with Crippen molar-refractivity contribution in [1.29, 1.82) is 0 Å². The number of alkyl halides is 4. The van der Waals surface area contributed by atoms with E-state index < -0.39 is 31.5 Å². The zero-order chi connectivity index (χ0) is 11.1. The quantitative estimate of drug-likeness (QED) is 0.500. The third-order valence-corrected chi connectivity index (χ3v) is 1.15. The highest BCUT2D eigenvalue weighted by atomic mass is 19.3. The molecule has 0 aromatic carbocycles. The second-order valence-electron chi connectivity index (χ2n) is 2.23. The van der Waals surface area contributed by atoms with Crippen LogP contribution < -0.4 is 0 Å². The van der Waals surface area contributed by atoms with E-state index in [9.17, 15) is 22.4 Å². The molecule has 0 saturated carbocycles. The Morgan fingerprint density at radius 1 is 1.29 bits per heavy atom. The van der Waals surface area contributed by atoms with Crippen LogP contribution >= 0.6 is 0 Å². The normalized spacial score (nSPS) is 15.3. The van der Waals surface area contributed by atoms with Gasteiger partial charge in [0.05, 0.1) is 0 Å². The second kappa shape index (κ2) is 6.58. The fourth-order valence-corrected chi connectivity index (χ4v) is 0.559. The molecule has 0 heterocycles. The zero-order valence-electron chi connectivity index (χ0n) is 7.38. The topological polar surface area (TPSA) is 35.5 Å². The minimum atomic E-state index is -3.47. The summed E-state index contributed by atoms with van der Waals surface area (Å²) in [5.41, 5.74) is 0. The maximum Gasteiger partial charge on any atom is 0.347 e. The molecule has 0 aliphatic rings. The first-order valence-electron chi connectivity index (χ1n) is 3.83. The first-order valence-corrected chi connectivity index (χ1v) is 3.83. The molecule has 0 amide bonds. The van der Waals surface area contributed by atoms with Crippen molar-refractivity contribution < 1.29 is 31.8 Å². The standard InChI is InChI=1S/C7H10F4O3/c1-2-13-4(8)3-14-7(12)5(9)6(10)11/h4-6H,2-3H2,1H3. The number of halogens is 4. The molecule has 0 aromatic rings. The maximum absolute atomic E-state index is 12.4. The van der Waals surface area contributed by atoms with Crippen LogP contribution in [0.3, 0.4) is 0 Å². The summed E-state index contributed by atoms with van der Waals surface area (Å²) < 4.78 is 55.9. The van der Waals surface area contributed by atoms with Gasteiger partial charge in [0.2, 0.25) is 6.36 Å². The molecule has 0 saturated heterocycles. The lowest BCUT2D eigenvalue weighted by atomic mass is 10.4. The summed E-state index contributed by atoms with van der Waals surface area (Å²) in [6, 6.07) is 0. The summed E-state index contributed by atoms with van der Waals surface area (Å²) in [5, 5.41) is 0. The molecular weight excluding hydrogens is 208 g/mol. The Bertz CT molecular complexity index is 176. The lowest BCUT2D eigenvalue weighted by molar-refractivity contribution is -0.165. The van der Waals surface area contributed by atoms with Crippen LogP contribution in [0.4, 0.5) is 17.6 Å². The van der Waals surface area contributed by atoms with Gasteiger partial charge in [-0.2, -0.15) is 0 Å². The van der Waals surface area contributed by atoms with Gasteiger partial charge in [0, 0.05) is 6.61 Å². The average molecular weight is 218 g/mol. The van der Waals surface area contributed by atoms with E-state index >= 15 is 0 Å². The van der Waals surface area contributed by atoms with Crippen LogP contribution in [-0.2, 0) is 14.3 Å². The molecule has 7 heteroatoms. The van der Waals surface area contributed by atoms with Crippen LogP contribution in [0.2, 0.25) is 0 Å². The van der Waals surface area contributed by atoms with Crippen molar-refractivity contribution in [1.82, 2.24) is 0 Å². The number of esters is 1. The van der Waals surface area contributed by atoms with Gasteiger partial charge in [-0.05, 0) is 6.92 Å². The van der Waals surface area contributed by atoms with Crippen LogP contribution in [0, 0.1) is 0 Å². The molecule has 0 bridgehead atoms. The van der Waals surface area contributed by atoms with Crippen molar-refractivity contribution in [3.05, 3.63) is 0 Å². The smallest absolute Gasteiger partial charge is 0.347 e. The first kappa shape index (κ1) is 13.2. The van der Waals surface area contributed by atoms with Gasteiger partial charge >= 0.3 is 5.97 Å². The van der Waals surface area contributed by atoms with Gasteiger partial charge in [-0.15, -0.1) is 0 Å². The van der Waals surface area contributed by atoms with E-state index in [4.69, 9.17) is 0 Å². The first-order chi connectivity index (χ1) is 6.49. The highest BCUT2D eigenvalue weighted by Crippen LogP contribution is 2.07. The molecule has 0 fully saturated rings. The molecule has 0 N–H and O–H groups in total. The molecule has 0 rings (SSSR count). The van der Waals surface area contributed by atoms with E-state index in [0.717, 1.165) is 0 Å². The molecular formula is C7H10F4O3. The molecule has 14 heavy (non-hydrogen) atoms. The Labute approximate surface area is 78.0 Å². The van der Waals surface area contributed by atoms with E-state index in [1.54, 1.807) is 0 Å². The fourth-order valence-electron chi connectivity index (χ4n) is 0.559. The minimum Gasteiger partial charge on any atom is -0.458 e. The van der Waals surface area contributed by atoms with Crippen LogP contribution in [0.15, 0.2) is 0 Å². The molecule has 0 spiro atoms. The van der Waals surface area contributed by atoms with Gasteiger partial charge in [0.25, 0.3) is 12.6 Å². The third-order valence-electron chi connectivity index (χ3n) is 1.15. The average Bonchev–Trinajstić information content (AvgIpc) is 2.13. The van der Waals surface area contributed by atoms with Crippen LogP contribution in [0.1, 0.15) is 6.92 Å². The molecule has 0 aromatic heterocycles. The maximum atomic E-state index is 12.4. The summed E-state index contributed by atoms with van der Waals surface area (Å²) in [5.74, 6) is -1.79. The molecule has 2 atom stereocenters. The van der Waals surface area contributed by atoms with Gasteiger partial charge in [-0.25, -0.2) is 22.4 Å². The highest BCUT2D eigenvalue weighted by Gasteiger charge is 2.29. The Kier molecular flexibility index (Phi) is 6.18. The van der Waals surface area contributed by atoms with Gasteiger partial charge in [0.1, 0.15) is 6.61 Å². The molecule has 3 nitrogen and oxygen atoms in total. The lowest BCUT2D eigenvalue weighted by Gasteiger charge is -2.10. The summed E-state index contributed by atoms with van der Waals surface area (Å²) in [6.45, 7) is 0.637. The van der Waals surface area contributed by atoms with Crippen LogP contribution in [-0.4, -0.2) is 38.1 Å². The lowest BCUT2D eigenvalue weighted by Crippen LogP contribution is -2.28. The Hall–Kier alpha value is -0.850. The van der Waals surface area contributed by atoms with Crippen molar-refractivity contribution in [2.45, 2.75) is 25.9 Å². The molecule has 2 unspecified atom stereocenters. The largest absolute Gasteiger partial charge is 0.458 e. The fraction of sp³-hybridized carbons (Fsp3) is 0.857. The van der Waals surface area contributed by atoms with E-state index in [2.05, 4.69) is 9.47 Å². The Balaban J connectivity index is 3.73. The Morgan fingerprint density at radius 2 is 1.86 bits per heavy atom. The van der Waals surface area contributed by atoms with Gasteiger partial charge in [-0.1, -0.05) is 0 Å². The van der Waals surface area contributed by atoms with Crippen molar-refractivity contribution in [3.63, 3.8) is 0 Å². The predicted molar refractivity (Wildman–Crippen MR) is 38.4 cm³/mol. The number of carbonyl (C=O) groups excluding carboxylic acids is 1. The van der Waals surface area contributed by atoms with Gasteiger partial charge in [-0.3, -0.25) is 0 Å². The third kappa shape index (κ3) is 5.00. The molecule has 84 valence electrons. The van der Waals surface area contributed by atoms with E-state index in [1.165, 1.54) is 6.92 Å². The number of ether oxygens (including phenoxy) is 2. The summed E-state index contributed by atoms with van der Waals surface area (Å²) in [6.07, 6.45) is -8.43. The van der Waals surface area contributed by atoms with Crippen molar-refractivity contribution in [2.24, 2.45) is 0 Å². The van der Waals surface area contributed by atoms with Crippen molar-refractivity contribution >= 4 is 5.97 Å². The highest BCUT2D eigenvalue weighted by molar-refractivity contribution is 5.74. The predicted octanol–water partition coefficient (Wildman–Crippen LogP) is 1.46. The minimum absolute atomic E-state index is 0.0343. The monoisotopic (exact) mass is 218 g/mol. The van der Waals surface area contributed by atoms with Crippen molar-refractivity contribution in [2.75, 3.05) is 13.2 Å². The summed E-state index contributed by atoms with van der Waals surface area (Å²) in [4.78, 5) is 10.4. The van der Waals surface area contributed by atoms with Crippen LogP contribution in [0.5, 0.6) is 0 Å². The van der Waals surface area contributed by atoms with Gasteiger partial charge in [0.15, 0.2) is 0 Å². The Morgan fingerprint density at radius 3 is 2.29 bits per heavy atom. The summed E-state index contributed by atoms with van der Waals surface area (Å²) in [7, 11) is 0. The van der Waals surface area contributed by atoms with E-state index in [1.807, 2.05) is 0 Å². The molecule has 0 aliphatic heterocycles. The van der Waals surface area contributed by atoms with E-state index in [0.29, 0.717) is 0 Å². The zero-order valence-corrected chi connectivity index (χ0v) is 7.38. The second-order valence-corrected chi connectivity index (χ2v) is 2.23. The molecule has 0 radical (unpaired) electrons. The number of rotatable bonds is 6. The SMILES string of the molecule is CCOC(F)COC(=O)C(F)C(F)F. The number of hydrogen-bond acceptors (Lipinski definition) is 3. The summed E-state index contributed by atoms with van der Waals surface area (Å²) >= 11 is 0. The number of hydrogen-bond donors (Lipinski definition) is 0.